The number of aromatic amines is 1. The molecule has 8 rings (SSSR count). The van der Waals surface area contributed by atoms with E-state index >= 15 is 0 Å². The molecule has 5 N–H and O–H groups in total. The van der Waals surface area contributed by atoms with E-state index in [0.29, 0.717) is 12.1 Å². The first-order chi connectivity index (χ1) is 18.5. The lowest BCUT2D eigenvalue weighted by Gasteiger charge is -2.57. The van der Waals surface area contributed by atoms with Crippen LogP contribution in [-0.4, -0.2) is 27.8 Å². The molecule has 38 heavy (non-hydrogen) atoms. The van der Waals surface area contributed by atoms with Crippen LogP contribution >= 0.6 is 0 Å². The zero-order chi connectivity index (χ0) is 25.9. The summed E-state index contributed by atoms with van der Waals surface area (Å²) in [4.78, 5) is 33.9. The molecule has 0 radical (unpaired) electrons. The standard InChI is InChI=1S/C31H33N5O2/c32-25(12-21-17-33-26-7-3-1-5-22(21)26)29(37)35-36-30(38)28-13-24(23-6-2-4-8-27(23)34-28)31-14-18-9-19(15-31)11-20(10-18)16-31/h1-8,13,17-20,25,33H,9-12,14-16,32H2,(H,35,37)(H,36,38)/t18?,19?,20?,25-,31?/m0/s1. The lowest BCUT2D eigenvalue weighted by Crippen LogP contribution is -2.50. The fraction of sp³-hybridized carbons (Fsp3) is 0.387. The summed E-state index contributed by atoms with van der Waals surface area (Å²) in [6, 6.07) is 17.2. The summed E-state index contributed by atoms with van der Waals surface area (Å²) >= 11 is 0. The van der Waals surface area contributed by atoms with E-state index in [-0.39, 0.29) is 5.41 Å². The Labute approximate surface area is 221 Å². The van der Waals surface area contributed by atoms with Crippen molar-refractivity contribution < 1.29 is 9.59 Å². The van der Waals surface area contributed by atoms with Crippen molar-refractivity contribution in [2.45, 2.75) is 56.4 Å². The SMILES string of the molecule is N[C@@H](Cc1c[nH]c2ccccc12)C(=O)NNC(=O)c1cc(C23CC4CC(CC(C4)C2)C3)c2ccccc2n1. The number of rotatable bonds is 5. The van der Waals surface area contributed by atoms with Gasteiger partial charge in [-0.3, -0.25) is 20.4 Å². The van der Waals surface area contributed by atoms with Gasteiger partial charge in [-0.2, -0.15) is 0 Å². The van der Waals surface area contributed by atoms with Gasteiger partial charge in [0.2, 0.25) is 0 Å². The van der Waals surface area contributed by atoms with Gasteiger partial charge in [-0.25, -0.2) is 4.98 Å². The first-order valence-corrected chi connectivity index (χ1v) is 13.8. The average molecular weight is 508 g/mol. The molecule has 2 heterocycles. The van der Waals surface area contributed by atoms with Crippen molar-refractivity contribution in [1.29, 1.82) is 0 Å². The molecule has 4 aliphatic carbocycles. The van der Waals surface area contributed by atoms with Gasteiger partial charge in [0.05, 0.1) is 11.6 Å². The molecule has 2 aromatic heterocycles. The summed E-state index contributed by atoms with van der Waals surface area (Å²) < 4.78 is 0. The van der Waals surface area contributed by atoms with E-state index in [1.807, 2.05) is 48.7 Å². The molecule has 0 saturated heterocycles. The van der Waals surface area contributed by atoms with Gasteiger partial charge in [-0.1, -0.05) is 36.4 Å². The van der Waals surface area contributed by atoms with Crippen LogP contribution in [0.2, 0.25) is 0 Å². The Morgan fingerprint density at radius 3 is 2.34 bits per heavy atom. The third-order valence-electron chi connectivity index (χ3n) is 9.31. The van der Waals surface area contributed by atoms with Crippen LogP contribution in [0.25, 0.3) is 21.8 Å². The molecule has 7 heteroatoms. The Hall–Kier alpha value is -3.71. The number of nitrogens with two attached hydrogens (primary N) is 1. The third kappa shape index (κ3) is 3.97. The second-order valence-corrected chi connectivity index (χ2v) is 11.9. The lowest BCUT2D eigenvalue weighted by atomic mass is 9.48. The highest BCUT2D eigenvalue weighted by Crippen LogP contribution is 2.61. The second-order valence-electron chi connectivity index (χ2n) is 11.9. The molecule has 7 nitrogen and oxygen atoms in total. The average Bonchev–Trinajstić information content (AvgIpc) is 3.32. The number of hydrogen-bond donors (Lipinski definition) is 4. The maximum atomic E-state index is 13.3. The predicted octanol–water partition coefficient (Wildman–Crippen LogP) is 4.51. The van der Waals surface area contributed by atoms with Crippen LogP contribution < -0.4 is 16.6 Å². The Morgan fingerprint density at radius 2 is 1.61 bits per heavy atom. The maximum Gasteiger partial charge on any atom is 0.288 e. The molecule has 4 bridgehead atoms. The van der Waals surface area contributed by atoms with Crippen LogP contribution in [0.3, 0.4) is 0 Å². The highest BCUT2D eigenvalue weighted by Gasteiger charge is 2.52. The molecule has 0 aliphatic heterocycles. The van der Waals surface area contributed by atoms with E-state index in [1.165, 1.54) is 44.1 Å². The van der Waals surface area contributed by atoms with Crippen molar-refractivity contribution in [3.63, 3.8) is 0 Å². The van der Waals surface area contributed by atoms with Gasteiger partial charge in [-0.15, -0.1) is 0 Å². The summed E-state index contributed by atoms with van der Waals surface area (Å²) in [7, 11) is 0. The number of nitrogens with zero attached hydrogens (tertiary/aromatic N) is 1. The first-order valence-electron chi connectivity index (χ1n) is 13.8. The van der Waals surface area contributed by atoms with E-state index in [9.17, 15) is 9.59 Å². The molecular formula is C31H33N5O2. The van der Waals surface area contributed by atoms with Crippen molar-refractivity contribution in [2.24, 2.45) is 23.5 Å². The van der Waals surface area contributed by atoms with Crippen LogP contribution in [0.4, 0.5) is 0 Å². The van der Waals surface area contributed by atoms with Crippen molar-refractivity contribution in [2.75, 3.05) is 0 Å². The summed E-state index contributed by atoms with van der Waals surface area (Å²) in [5.41, 5.74) is 15.8. The molecule has 2 aromatic carbocycles. The van der Waals surface area contributed by atoms with E-state index in [1.54, 1.807) is 0 Å². The molecule has 2 amide bonds. The summed E-state index contributed by atoms with van der Waals surface area (Å²) in [5, 5.41) is 2.19. The normalized spacial score (nSPS) is 26.5. The van der Waals surface area contributed by atoms with Crippen LogP contribution in [0.5, 0.6) is 0 Å². The number of aromatic nitrogens is 2. The van der Waals surface area contributed by atoms with Crippen molar-refractivity contribution in [3.8, 4) is 0 Å². The Morgan fingerprint density at radius 1 is 0.947 bits per heavy atom. The summed E-state index contributed by atoms with van der Waals surface area (Å²) in [5.74, 6) is 1.52. The maximum absolute atomic E-state index is 13.3. The highest BCUT2D eigenvalue weighted by molar-refractivity contribution is 5.97. The molecule has 194 valence electrons. The monoisotopic (exact) mass is 507 g/mol. The number of pyridine rings is 1. The van der Waals surface area contributed by atoms with Crippen LogP contribution in [0.1, 0.15) is 60.1 Å². The fourth-order valence-electron chi connectivity index (χ4n) is 8.08. The number of H-pyrrole nitrogens is 1. The van der Waals surface area contributed by atoms with Gasteiger partial charge in [0.1, 0.15) is 5.69 Å². The predicted molar refractivity (Wildman–Crippen MR) is 147 cm³/mol. The Kier molecular flexibility index (Phi) is 5.51. The van der Waals surface area contributed by atoms with Gasteiger partial charge >= 0.3 is 0 Å². The third-order valence-corrected chi connectivity index (χ3v) is 9.31. The van der Waals surface area contributed by atoms with Crippen molar-refractivity contribution in [1.82, 2.24) is 20.8 Å². The lowest BCUT2D eigenvalue weighted by molar-refractivity contribution is -0.123. The fourth-order valence-corrected chi connectivity index (χ4v) is 8.08. The van der Waals surface area contributed by atoms with Gasteiger partial charge in [-0.05, 0) is 97.4 Å². The molecule has 4 fully saturated rings. The number of hydrazine groups is 1. The van der Waals surface area contributed by atoms with E-state index in [2.05, 4.69) is 33.0 Å². The van der Waals surface area contributed by atoms with Crippen LogP contribution in [0.15, 0.2) is 60.8 Å². The molecular weight excluding hydrogens is 474 g/mol. The number of benzene rings is 2. The van der Waals surface area contributed by atoms with Gasteiger partial charge in [0, 0.05) is 22.5 Å². The highest BCUT2D eigenvalue weighted by atomic mass is 16.2. The second kappa shape index (κ2) is 8.95. The number of para-hydroxylation sites is 2. The van der Waals surface area contributed by atoms with Crippen LogP contribution in [0, 0.1) is 17.8 Å². The quantitative estimate of drug-likeness (QED) is 0.298. The van der Waals surface area contributed by atoms with Crippen molar-refractivity contribution in [3.05, 3.63) is 77.6 Å². The molecule has 0 spiro atoms. The van der Waals surface area contributed by atoms with E-state index in [0.717, 1.165) is 45.1 Å². The largest absolute Gasteiger partial charge is 0.361 e. The number of carbonyl (C=O) groups excluding carboxylic acids is 2. The van der Waals surface area contributed by atoms with Crippen LogP contribution in [-0.2, 0) is 16.6 Å². The van der Waals surface area contributed by atoms with E-state index in [4.69, 9.17) is 5.73 Å². The minimum absolute atomic E-state index is 0.122. The number of hydrogen-bond acceptors (Lipinski definition) is 4. The molecule has 0 unspecified atom stereocenters. The van der Waals surface area contributed by atoms with Gasteiger partial charge in [0.25, 0.3) is 11.8 Å². The topological polar surface area (TPSA) is 113 Å². The Bertz CT molecular complexity index is 1520. The minimum Gasteiger partial charge on any atom is -0.361 e. The summed E-state index contributed by atoms with van der Waals surface area (Å²) in [6.45, 7) is 0. The smallest absolute Gasteiger partial charge is 0.288 e. The van der Waals surface area contributed by atoms with Gasteiger partial charge < -0.3 is 10.7 Å². The zero-order valence-electron chi connectivity index (χ0n) is 21.4. The first kappa shape index (κ1) is 23.4. The minimum atomic E-state index is -0.804. The number of carbonyl (C=O) groups is 2. The zero-order valence-corrected chi connectivity index (χ0v) is 21.4. The van der Waals surface area contributed by atoms with E-state index < -0.39 is 17.9 Å². The number of amides is 2. The Balaban J connectivity index is 1.10. The molecule has 4 saturated carbocycles. The summed E-state index contributed by atoms with van der Waals surface area (Å²) in [6.07, 6.45) is 9.92. The number of nitrogens with one attached hydrogen (secondary N) is 3. The molecule has 4 aliphatic rings. The molecule has 4 aromatic rings. The van der Waals surface area contributed by atoms with Crippen molar-refractivity contribution >= 4 is 33.6 Å². The van der Waals surface area contributed by atoms with Gasteiger partial charge in [0.15, 0.2) is 0 Å². The number of fused-ring (bicyclic) bond motifs is 2. The molecule has 1 atom stereocenters.